The zero-order chi connectivity index (χ0) is 53.0. The molecule has 3 unspecified atom stereocenters. The lowest BCUT2D eigenvalue weighted by molar-refractivity contribution is -0.161. The Morgan fingerprint density at radius 1 is 0.750 bits per heavy atom. The molecule has 1 fully saturated rings. The van der Waals surface area contributed by atoms with Gasteiger partial charge in [0.1, 0.15) is 30.7 Å². The summed E-state index contributed by atoms with van der Waals surface area (Å²) in [6, 6.07) is 1.23. The number of anilines is 1. The number of hydrogen-bond acceptors (Lipinski definition) is 16. The molecule has 408 valence electrons. The molecule has 8 atom stereocenters. The van der Waals surface area contributed by atoms with Crippen LogP contribution in [0.15, 0.2) is 90.0 Å². The number of nitrogen functional groups attached to an aromatic ring is 1. The molecule has 1 aliphatic heterocycles. The first-order valence-corrected chi connectivity index (χ1v) is 28.4. The van der Waals surface area contributed by atoms with E-state index in [1.165, 1.54) is 57.1 Å². The standard InChI is InChI=1S/C51H83N3O16P2/c1-4-5-6-7-8-9-10-11-12-13-14-17-20-23-26-29-32-42(55)34-35-47(57)68-43(38-65-46(56)33-30-27-24-21-18-15-16-19-22-25-28-31-41(2)3)39-66-71(61,62)70-72(63,64)67-40-44-48(58)49(59)50(69-44)54-37-36-45(52)53-51(54)60/h5-6,8-9,11-12,14,17,23,26,29,32,36-37,41-44,48-50,55,58-59H,4,7,10,13,15-16,18-22,24-25,27-28,30-31,33-35,38-40H2,1-3H3,(H,61,62)(H,63,64)(H2,52,53,60)/b6-5-,9-8-,12-11-,17-14-,26-23-,32-29-/t42?,43-,44-,48-,49-,50-/m1/s1. The first-order chi connectivity index (χ1) is 34.4. The van der Waals surface area contributed by atoms with Crippen LogP contribution in [0, 0.1) is 5.92 Å². The van der Waals surface area contributed by atoms with Crippen molar-refractivity contribution in [2.24, 2.45) is 5.92 Å². The number of aliphatic hydroxyl groups is 3. The Balaban J connectivity index is 1.87. The first-order valence-electron chi connectivity index (χ1n) is 25.4. The summed E-state index contributed by atoms with van der Waals surface area (Å²) in [5.41, 5.74) is 4.57. The van der Waals surface area contributed by atoms with Crippen LogP contribution >= 0.6 is 15.6 Å². The van der Waals surface area contributed by atoms with Gasteiger partial charge >= 0.3 is 33.3 Å². The molecular weight excluding hydrogens is 973 g/mol. The summed E-state index contributed by atoms with van der Waals surface area (Å²) in [5.74, 6) is -0.840. The largest absolute Gasteiger partial charge is 0.481 e. The SMILES string of the molecule is CC/C=C\C/C=C\C/C=C\C/C=C\C/C=C\C=C/C(O)CCC(=O)O[C@H](COC(=O)CCCCCCCCCCCCCC(C)C)COP(=O)(O)OP(=O)(O)OC[C@H]1O[C@@H](n2ccc(N)nc2=O)[C@H](O)[C@@H]1O. The second-order valence-electron chi connectivity index (χ2n) is 18.0. The Morgan fingerprint density at radius 3 is 1.89 bits per heavy atom. The van der Waals surface area contributed by atoms with Crippen LogP contribution in [0.3, 0.4) is 0 Å². The molecule has 0 radical (unpaired) electrons. The van der Waals surface area contributed by atoms with E-state index in [0.29, 0.717) is 12.8 Å². The number of phosphoric acid groups is 2. The molecule has 72 heavy (non-hydrogen) atoms. The molecule has 0 saturated carbocycles. The number of phosphoric ester groups is 2. The van der Waals surface area contributed by atoms with Gasteiger partial charge in [-0.2, -0.15) is 9.29 Å². The predicted molar refractivity (Wildman–Crippen MR) is 276 cm³/mol. The molecule has 19 nitrogen and oxygen atoms in total. The van der Waals surface area contributed by atoms with Crippen molar-refractivity contribution in [1.82, 2.24) is 9.55 Å². The molecule has 2 rings (SSSR count). The number of ether oxygens (including phenoxy) is 3. The van der Waals surface area contributed by atoms with Gasteiger partial charge in [-0.15, -0.1) is 0 Å². The summed E-state index contributed by atoms with van der Waals surface area (Å²) in [4.78, 5) is 61.9. The number of esters is 2. The van der Waals surface area contributed by atoms with Crippen LogP contribution in [-0.4, -0.2) is 96.9 Å². The summed E-state index contributed by atoms with van der Waals surface area (Å²) < 4.78 is 56.5. The number of carbonyl (C=O) groups excluding carboxylic acids is 2. The molecule has 0 spiro atoms. The van der Waals surface area contributed by atoms with Gasteiger partial charge in [-0.25, -0.2) is 13.9 Å². The van der Waals surface area contributed by atoms with Crippen LogP contribution in [0.1, 0.15) is 155 Å². The second kappa shape index (κ2) is 37.8. The van der Waals surface area contributed by atoms with Crippen LogP contribution in [-0.2, 0) is 46.3 Å². The number of aliphatic hydroxyl groups excluding tert-OH is 3. The van der Waals surface area contributed by atoms with Crippen molar-refractivity contribution in [2.45, 2.75) is 186 Å². The minimum atomic E-state index is -5.49. The van der Waals surface area contributed by atoms with Crippen LogP contribution in [0.4, 0.5) is 5.82 Å². The Bertz CT molecular complexity index is 2020. The normalized spacial score (nSPS) is 20.2. The zero-order valence-electron chi connectivity index (χ0n) is 42.5. The lowest BCUT2D eigenvalue weighted by atomic mass is 10.0. The number of allylic oxidation sites excluding steroid dienone is 11. The highest BCUT2D eigenvalue weighted by Crippen LogP contribution is 2.60. The van der Waals surface area contributed by atoms with E-state index < -0.39 is 89.8 Å². The maximum Gasteiger partial charge on any atom is 0.481 e. The van der Waals surface area contributed by atoms with E-state index in [2.05, 4.69) is 72.6 Å². The van der Waals surface area contributed by atoms with Crippen molar-refractivity contribution < 1.29 is 71.4 Å². The summed E-state index contributed by atoms with van der Waals surface area (Å²) >= 11 is 0. The van der Waals surface area contributed by atoms with Crippen LogP contribution < -0.4 is 11.4 Å². The van der Waals surface area contributed by atoms with Crippen molar-refractivity contribution in [3.05, 3.63) is 95.7 Å². The molecule has 1 aliphatic rings. The Kier molecular flexibility index (Phi) is 33.8. The topological polar surface area (TPSA) is 286 Å². The van der Waals surface area contributed by atoms with Gasteiger partial charge in [-0.3, -0.25) is 23.2 Å². The Labute approximate surface area is 426 Å². The molecule has 0 amide bonds. The highest BCUT2D eigenvalue weighted by Gasteiger charge is 2.46. The minimum absolute atomic E-state index is 0.0523. The highest BCUT2D eigenvalue weighted by molar-refractivity contribution is 7.61. The summed E-state index contributed by atoms with van der Waals surface area (Å²) in [5, 5.41) is 31.3. The number of rotatable bonds is 40. The third-order valence-corrected chi connectivity index (χ3v) is 13.7. The van der Waals surface area contributed by atoms with Crippen molar-refractivity contribution >= 4 is 33.4 Å². The first kappa shape index (κ1) is 64.3. The van der Waals surface area contributed by atoms with E-state index in [1.807, 2.05) is 12.2 Å². The number of nitrogens with two attached hydrogens (primary N) is 1. The number of hydrogen-bond donors (Lipinski definition) is 6. The van der Waals surface area contributed by atoms with Crippen LogP contribution in [0.5, 0.6) is 0 Å². The second-order valence-corrected chi connectivity index (χ2v) is 21.0. The van der Waals surface area contributed by atoms with Gasteiger partial charge in [0.2, 0.25) is 0 Å². The number of nitrogens with zero attached hydrogens (tertiary/aromatic N) is 2. The third-order valence-electron chi connectivity index (χ3n) is 11.1. The van der Waals surface area contributed by atoms with Gasteiger partial charge in [0.15, 0.2) is 12.3 Å². The van der Waals surface area contributed by atoms with Crippen molar-refractivity contribution in [3.63, 3.8) is 0 Å². The van der Waals surface area contributed by atoms with E-state index in [4.69, 9.17) is 29.0 Å². The van der Waals surface area contributed by atoms with Crippen molar-refractivity contribution in [2.75, 3.05) is 25.6 Å². The van der Waals surface area contributed by atoms with Gasteiger partial charge in [0, 0.05) is 19.0 Å². The van der Waals surface area contributed by atoms with E-state index in [-0.39, 0.29) is 25.1 Å². The van der Waals surface area contributed by atoms with Gasteiger partial charge in [-0.05, 0) is 56.9 Å². The minimum Gasteiger partial charge on any atom is -0.462 e. The molecule has 1 aromatic rings. The van der Waals surface area contributed by atoms with Gasteiger partial charge in [0.05, 0.1) is 19.3 Å². The molecular formula is C51H83N3O16P2. The maximum absolute atomic E-state index is 12.9. The van der Waals surface area contributed by atoms with Crippen LogP contribution in [0.2, 0.25) is 0 Å². The molecule has 1 aromatic heterocycles. The lowest BCUT2D eigenvalue weighted by Gasteiger charge is -2.21. The van der Waals surface area contributed by atoms with Crippen molar-refractivity contribution in [3.8, 4) is 0 Å². The summed E-state index contributed by atoms with van der Waals surface area (Å²) in [7, 11) is -11.0. The monoisotopic (exact) mass is 1060 g/mol. The van der Waals surface area contributed by atoms with Crippen LogP contribution in [0.25, 0.3) is 0 Å². The fraction of sp³-hybridized carbons (Fsp3) is 0.647. The number of unbranched alkanes of at least 4 members (excludes halogenated alkanes) is 10. The fourth-order valence-electron chi connectivity index (χ4n) is 7.14. The molecule has 7 N–H and O–H groups in total. The quantitative estimate of drug-likeness (QED) is 0.0117. The van der Waals surface area contributed by atoms with E-state index in [1.54, 1.807) is 12.2 Å². The zero-order valence-corrected chi connectivity index (χ0v) is 44.3. The number of aromatic nitrogens is 2. The van der Waals surface area contributed by atoms with Gasteiger partial charge in [-0.1, -0.05) is 164 Å². The Morgan fingerprint density at radius 2 is 1.31 bits per heavy atom. The van der Waals surface area contributed by atoms with Gasteiger partial charge in [0.25, 0.3) is 0 Å². The molecule has 0 bridgehead atoms. The molecule has 1 saturated heterocycles. The van der Waals surface area contributed by atoms with Crippen molar-refractivity contribution in [1.29, 1.82) is 0 Å². The van der Waals surface area contributed by atoms with Gasteiger partial charge < -0.3 is 45.1 Å². The highest BCUT2D eigenvalue weighted by atomic mass is 31.3. The van der Waals surface area contributed by atoms with E-state index in [9.17, 15) is 48.6 Å². The fourth-order valence-corrected chi connectivity index (χ4v) is 9.25. The average Bonchev–Trinajstić information content (AvgIpc) is 3.60. The van der Waals surface area contributed by atoms with E-state index in [0.717, 1.165) is 68.0 Å². The summed E-state index contributed by atoms with van der Waals surface area (Å²) in [6.45, 7) is 4.09. The van der Waals surface area contributed by atoms with E-state index >= 15 is 0 Å². The molecule has 2 heterocycles. The Hall–Kier alpha value is -3.84. The number of carbonyl (C=O) groups is 2. The lowest BCUT2D eigenvalue weighted by Crippen LogP contribution is -2.36. The molecule has 0 aromatic carbocycles. The smallest absolute Gasteiger partial charge is 0.462 e. The third kappa shape index (κ3) is 31.0. The molecule has 0 aliphatic carbocycles. The average molecular weight is 1060 g/mol. The summed E-state index contributed by atoms with van der Waals surface area (Å²) in [6.07, 6.45) is 33.2. The molecule has 21 heteroatoms. The predicted octanol–water partition coefficient (Wildman–Crippen LogP) is 9.33. The maximum atomic E-state index is 12.9.